The fourth-order valence-corrected chi connectivity index (χ4v) is 3.98. The minimum atomic E-state index is -0.0821. The Hall–Kier alpha value is -2.54. The molecule has 0 aliphatic carbocycles. The maximum atomic E-state index is 13.0. The van der Waals surface area contributed by atoms with Gasteiger partial charge < -0.3 is 10.3 Å². The third-order valence-corrected chi connectivity index (χ3v) is 5.75. The van der Waals surface area contributed by atoms with Gasteiger partial charge >= 0.3 is 0 Å². The largest absolute Gasteiger partial charge is 0.353 e. The molecule has 0 aliphatic rings. The number of benzene rings is 1. The van der Waals surface area contributed by atoms with E-state index in [1.54, 1.807) is 4.57 Å². The first-order chi connectivity index (χ1) is 13.8. The molecular weight excluding hydrogens is 384 g/mol. The Labute approximate surface area is 175 Å². The van der Waals surface area contributed by atoms with Crippen LogP contribution in [-0.4, -0.2) is 26.2 Å². The summed E-state index contributed by atoms with van der Waals surface area (Å²) in [5, 5.41) is 3.60. The van der Waals surface area contributed by atoms with Gasteiger partial charge in [-0.25, -0.2) is 4.98 Å². The summed E-state index contributed by atoms with van der Waals surface area (Å²) in [6, 6.07) is 11.6. The monoisotopic (exact) mass is 412 g/mol. The normalized spacial score (nSPS) is 12.4. The van der Waals surface area contributed by atoms with Gasteiger partial charge in [0.25, 0.3) is 5.56 Å². The van der Waals surface area contributed by atoms with E-state index in [-0.39, 0.29) is 23.3 Å². The van der Waals surface area contributed by atoms with Gasteiger partial charge in [0.1, 0.15) is 5.52 Å². The number of nitrogens with zero attached hydrogens (tertiary/aromatic N) is 2. The lowest BCUT2D eigenvalue weighted by Gasteiger charge is -2.15. The van der Waals surface area contributed by atoms with E-state index in [0.717, 1.165) is 17.7 Å². The third kappa shape index (κ3) is 5.29. The van der Waals surface area contributed by atoms with Crippen LogP contribution in [0.25, 0.3) is 11.0 Å². The highest BCUT2D eigenvalue weighted by atomic mass is 32.2. The van der Waals surface area contributed by atoms with Gasteiger partial charge in [-0.15, -0.1) is 0 Å². The molecule has 0 saturated heterocycles. The van der Waals surface area contributed by atoms with Crippen molar-refractivity contribution < 1.29 is 4.79 Å². The van der Waals surface area contributed by atoms with Gasteiger partial charge in [0.2, 0.25) is 5.91 Å². The second-order valence-electron chi connectivity index (χ2n) is 7.73. The number of amides is 1. The lowest BCUT2D eigenvalue weighted by atomic mass is 10.1. The molecule has 2 N–H and O–H groups in total. The molecule has 7 heteroatoms. The van der Waals surface area contributed by atoms with Crippen molar-refractivity contribution >= 4 is 28.7 Å². The summed E-state index contributed by atoms with van der Waals surface area (Å²) in [5.41, 5.74) is 3.05. The molecule has 1 amide bonds. The maximum Gasteiger partial charge on any atom is 0.278 e. The Morgan fingerprint density at radius 2 is 1.97 bits per heavy atom. The second kappa shape index (κ2) is 9.31. The van der Waals surface area contributed by atoms with Gasteiger partial charge in [-0.3, -0.25) is 14.2 Å². The number of carbonyl (C=O) groups is 1. The summed E-state index contributed by atoms with van der Waals surface area (Å²) >= 11 is 1.31. The van der Waals surface area contributed by atoms with Crippen LogP contribution in [0, 0.1) is 12.8 Å². The molecule has 29 heavy (non-hydrogen) atoms. The Morgan fingerprint density at radius 3 is 2.66 bits per heavy atom. The zero-order valence-electron chi connectivity index (χ0n) is 17.4. The molecule has 6 nitrogen and oxygen atoms in total. The van der Waals surface area contributed by atoms with Crippen LogP contribution >= 0.6 is 11.8 Å². The minimum Gasteiger partial charge on any atom is -0.353 e. The molecule has 3 aromatic rings. The summed E-state index contributed by atoms with van der Waals surface area (Å²) < 4.78 is 1.69. The SMILES string of the molecule is Cc1cc2nc(SCC(=O)NC(C)c3ccccc3)n(CCC(C)C)c(=O)c2[nH]1. The average molecular weight is 413 g/mol. The minimum absolute atomic E-state index is 0.0739. The van der Waals surface area contributed by atoms with E-state index in [1.165, 1.54) is 11.8 Å². The van der Waals surface area contributed by atoms with Gasteiger partial charge in [-0.2, -0.15) is 0 Å². The van der Waals surface area contributed by atoms with E-state index in [1.807, 2.05) is 50.2 Å². The first-order valence-corrected chi connectivity index (χ1v) is 10.9. The summed E-state index contributed by atoms with van der Waals surface area (Å²) in [7, 11) is 0. The number of aryl methyl sites for hydroxylation is 1. The summed E-state index contributed by atoms with van der Waals surface area (Å²) in [5.74, 6) is 0.595. The van der Waals surface area contributed by atoms with Gasteiger partial charge in [0, 0.05) is 12.2 Å². The molecule has 0 aliphatic heterocycles. The third-order valence-electron chi connectivity index (χ3n) is 4.78. The van der Waals surface area contributed by atoms with Gasteiger partial charge in [-0.05, 0) is 37.8 Å². The molecule has 2 heterocycles. The van der Waals surface area contributed by atoms with Crippen molar-refractivity contribution in [3.05, 3.63) is 58.0 Å². The van der Waals surface area contributed by atoms with Crippen LogP contribution in [0.3, 0.4) is 0 Å². The van der Waals surface area contributed by atoms with Gasteiger partial charge in [0.05, 0.1) is 17.3 Å². The van der Waals surface area contributed by atoms with Crippen molar-refractivity contribution in [3.63, 3.8) is 0 Å². The van der Waals surface area contributed by atoms with E-state index < -0.39 is 0 Å². The molecule has 0 bridgehead atoms. The van der Waals surface area contributed by atoms with Crippen molar-refractivity contribution in [2.45, 2.75) is 51.9 Å². The van der Waals surface area contributed by atoms with Crippen molar-refractivity contribution in [2.24, 2.45) is 5.92 Å². The Bertz CT molecular complexity index is 1040. The number of fused-ring (bicyclic) bond motifs is 1. The number of aromatic amines is 1. The number of nitrogens with one attached hydrogen (secondary N) is 2. The predicted octanol–water partition coefficient (Wildman–Crippen LogP) is 4.05. The van der Waals surface area contributed by atoms with Crippen LogP contribution < -0.4 is 10.9 Å². The van der Waals surface area contributed by atoms with E-state index in [9.17, 15) is 9.59 Å². The van der Waals surface area contributed by atoms with E-state index in [4.69, 9.17) is 0 Å². The molecular formula is C22H28N4O2S. The van der Waals surface area contributed by atoms with Crippen LogP contribution in [0.15, 0.2) is 46.3 Å². The van der Waals surface area contributed by atoms with Crippen LogP contribution in [0.1, 0.15) is 44.5 Å². The average Bonchev–Trinajstić information content (AvgIpc) is 3.07. The molecule has 0 fully saturated rings. The molecule has 1 atom stereocenters. The highest BCUT2D eigenvalue weighted by molar-refractivity contribution is 7.99. The predicted molar refractivity (Wildman–Crippen MR) is 118 cm³/mol. The van der Waals surface area contributed by atoms with Crippen molar-refractivity contribution in [2.75, 3.05) is 5.75 Å². The standard InChI is InChI=1S/C22H28N4O2S/c1-14(2)10-11-26-21(28)20-18(12-15(3)23-20)25-22(26)29-13-19(27)24-16(4)17-8-6-5-7-9-17/h5-9,12,14,16,23H,10-11,13H2,1-4H3,(H,24,27). The summed E-state index contributed by atoms with van der Waals surface area (Å²) in [6.07, 6.45) is 0.873. The van der Waals surface area contributed by atoms with E-state index in [0.29, 0.717) is 28.7 Å². The summed E-state index contributed by atoms with van der Waals surface area (Å²) in [6.45, 7) is 8.71. The number of hydrogen-bond donors (Lipinski definition) is 2. The number of thioether (sulfide) groups is 1. The van der Waals surface area contributed by atoms with Crippen LogP contribution in [-0.2, 0) is 11.3 Å². The first kappa shape index (κ1) is 21.2. The molecule has 2 aromatic heterocycles. The molecule has 1 aromatic carbocycles. The summed E-state index contributed by atoms with van der Waals surface area (Å²) in [4.78, 5) is 33.2. The van der Waals surface area contributed by atoms with Gasteiger partial charge in [-0.1, -0.05) is 55.9 Å². The molecule has 0 saturated carbocycles. The van der Waals surface area contributed by atoms with Crippen molar-refractivity contribution in [1.82, 2.24) is 19.9 Å². The zero-order chi connectivity index (χ0) is 21.0. The number of rotatable bonds is 8. The number of H-pyrrole nitrogens is 1. The van der Waals surface area contributed by atoms with E-state index in [2.05, 4.69) is 29.1 Å². The van der Waals surface area contributed by atoms with Gasteiger partial charge in [0.15, 0.2) is 5.16 Å². The van der Waals surface area contributed by atoms with E-state index >= 15 is 0 Å². The van der Waals surface area contributed by atoms with Crippen LogP contribution in [0.4, 0.5) is 0 Å². The molecule has 0 spiro atoms. The number of aromatic nitrogens is 3. The Kier molecular flexibility index (Phi) is 6.79. The zero-order valence-corrected chi connectivity index (χ0v) is 18.2. The van der Waals surface area contributed by atoms with Crippen molar-refractivity contribution in [3.8, 4) is 0 Å². The Balaban J connectivity index is 1.76. The Morgan fingerprint density at radius 1 is 1.24 bits per heavy atom. The molecule has 0 radical (unpaired) electrons. The highest BCUT2D eigenvalue weighted by Crippen LogP contribution is 2.20. The maximum absolute atomic E-state index is 13.0. The fraction of sp³-hybridized carbons (Fsp3) is 0.409. The second-order valence-corrected chi connectivity index (χ2v) is 8.68. The van der Waals surface area contributed by atoms with Crippen LogP contribution in [0.2, 0.25) is 0 Å². The first-order valence-electron chi connectivity index (χ1n) is 9.92. The number of carbonyl (C=O) groups excluding carboxylic acids is 1. The molecule has 154 valence electrons. The quantitative estimate of drug-likeness (QED) is 0.432. The highest BCUT2D eigenvalue weighted by Gasteiger charge is 2.16. The topological polar surface area (TPSA) is 79.8 Å². The van der Waals surface area contributed by atoms with Crippen molar-refractivity contribution in [1.29, 1.82) is 0 Å². The lowest BCUT2D eigenvalue weighted by molar-refractivity contribution is -0.119. The van der Waals surface area contributed by atoms with Crippen LogP contribution in [0.5, 0.6) is 0 Å². The lowest BCUT2D eigenvalue weighted by Crippen LogP contribution is -2.29. The number of hydrogen-bond acceptors (Lipinski definition) is 4. The smallest absolute Gasteiger partial charge is 0.278 e. The molecule has 1 unspecified atom stereocenters. The molecule has 3 rings (SSSR count). The fourth-order valence-electron chi connectivity index (χ4n) is 3.14.